The van der Waals surface area contributed by atoms with Crippen LogP contribution in [0.4, 0.5) is 5.69 Å². The smallest absolute Gasteiger partial charge is 0.352 e. The number of aryl methyl sites for hydroxylation is 1. The first-order chi connectivity index (χ1) is 11.0. The molecule has 1 N–H and O–H groups in total. The molecule has 1 heterocycles. The molecule has 0 atom stereocenters. The number of ether oxygens (including phenoxy) is 3. The number of nitrogens with one attached hydrogen (secondary N) is 1. The van der Waals surface area contributed by atoms with Gasteiger partial charge in [0.05, 0.1) is 19.9 Å². The maximum atomic E-state index is 11.8. The van der Waals surface area contributed by atoms with Crippen LogP contribution in [0.2, 0.25) is 0 Å². The standard InChI is InChI=1S/C14H15N3O5S/c1-8-13(23-17-16-8)14(19)22-7-12(18)15-9-4-5-10(20-2)11(6-9)21-3/h4-6H,7H2,1-3H3,(H,15,18). The molecule has 0 aliphatic heterocycles. The molecule has 0 fully saturated rings. The van der Waals surface area contributed by atoms with Crippen molar-refractivity contribution in [3.8, 4) is 11.5 Å². The van der Waals surface area contributed by atoms with Crippen molar-refractivity contribution in [2.45, 2.75) is 6.92 Å². The van der Waals surface area contributed by atoms with Gasteiger partial charge in [-0.25, -0.2) is 4.79 Å². The molecule has 0 saturated carbocycles. The predicted molar refractivity (Wildman–Crippen MR) is 83.1 cm³/mol. The molecule has 0 aliphatic rings. The zero-order valence-electron chi connectivity index (χ0n) is 12.8. The van der Waals surface area contributed by atoms with E-state index in [1.54, 1.807) is 25.1 Å². The Morgan fingerprint density at radius 2 is 1.96 bits per heavy atom. The molecule has 0 saturated heterocycles. The third-order valence-corrected chi connectivity index (χ3v) is 3.65. The summed E-state index contributed by atoms with van der Waals surface area (Å²) in [6.45, 7) is 1.23. The van der Waals surface area contributed by atoms with Gasteiger partial charge in [0.25, 0.3) is 5.91 Å². The molecule has 0 bridgehead atoms. The van der Waals surface area contributed by atoms with Crippen LogP contribution in [0, 0.1) is 6.92 Å². The largest absolute Gasteiger partial charge is 0.493 e. The van der Waals surface area contributed by atoms with Gasteiger partial charge in [0, 0.05) is 11.8 Å². The number of rotatable bonds is 6. The Hall–Kier alpha value is -2.68. The van der Waals surface area contributed by atoms with E-state index in [0.29, 0.717) is 22.9 Å². The number of aromatic nitrogens is 2. The Kier molecular flexibility index (Phi) is 5.47. The van der Waals surface area contributed by atoms with Crippen molar-refractivity contribution in [1.29, 1.82) is 0 Å². The van der Waals surface area contributed by atoms with Crippen LogP contribution in [-0.2, 0) is 9.53 Å². The number of benzene rings is 1. The maximum absolute atomic E-state index is 11.8. The summed E-state index contributed by atoms with van der Waals surface area (Å²) < 4.78 is 18.8. The normalized spacial score (nSPS) is 10.0. The van der Waals surface area contributed by atoms with Crippen LogP contribution in [0.5, 0.6) is 11.5 Å². The van der Waals surface area contributed by atoms with Crippen LogP contribution in [0.25, 0.3) is 0 Å². The highest BCUT2D eigenvalue weighted by Crippen LogP contribution is 2.29. The summed E-state index contributed by atoms with van der Waals surface area (Å²) in [5.41, 5.74) is 0.972. The monoisotopic (exact) mass is 337 g/mol. The second kappa shape index (κ2) is 7.54. The Labute approximate surface area is 136 Å². The average Bonchev–Trinajstić information content (AvgIpc) is 2.98. The molecule has 0 aliphatic carbocycles. The quantitative estimate of drug-likeness (QED) is 0.800. The van der Waals surface area contributed by atoms with Gasteiger partial charge in [0.2, 0.25) is 0 Å². The lowest BCUT2D eigenvalue weighted by atomic mass is 10.2. The highest BCUT2D eigenvalue weighted by molar-refractivity contribution is 7.07. The van der Waals surface area contributed by atoms with Crippen LogP contribution < -0.4 is 14.8 Å². The second-order valence-corrected chi connectivity index (χ2v) is 5.14. The number of methoxy groups -OCH3 is 2. The summed E-state index contributed by atoms with van der Waals surface area (Å²) in [5.74, 6) is -0.0700. The van der Waals surface area contributed by atoms with Crippen LogP contribution >= 0.6 is 11.5 Å². The lowest BCUT2D eigenvalue weighted by Crippen LogP contribution is -2.20. The van der Waals surface area contributed by atoms with Crippen LogP contribution in [-0.4, -0.2) is 42.3 Å². The van der Waals surface area contributed by atoms with Gasteiger partial charge in [-0.15, -0.1) is 5.10 Å². The van der Waals surface area contributed by atoms with Gasteiger partial charge in [-0.3, -0.25) is 4.79 Å². The molecule has 23 heavy (non-hydrogen) atoms. The molecular formula is C14H15N3O5S. The van der Waals surface area contributed by atoms with Gasteiger partial charge in [-0.1, -0.05) is 4.49 Å². The third-order valence-electron chi connectivity index (χ3n) is 2.84. The average molecular weight is 337 g/mol. The molecule has 9 heteroatoms. The van der Waals surface area contributed by atoms with Crippen molar-refractivity contribution in [2.24, 2.45) is 0 Å². The van der Waals surface area contributed by atoms with Crippen molar-refractivity contribution < 1.29 is 23.8 Å². The van der Waals surface area contributed by atoms with Gasteiger partial charge in [0.15, 0.2) is 23.0 Å². The van der Waals surface area contributed by atoms with Crippen molar-refractivity contribution in [2.75, 3.05) is 26.1 Å². The van der Waals surface area contributed by atoms with E-state index in [1.165, 1.54) is 14.2 Å². The van der Waals surface area contributed by atoms with E-state index in [-0.39, 0.29) is 4.88 Å². The molecule has 8 nitrogen and oxygen atoms in total. The van der Waals surface area contributed by atoms with Crippen LogP contribution in [0.3, 0.4) is 0 Å². The van der Waals surface area contributed by atoms with E-state index < -0.39 is 18.5 Å². The van der Waals surface area contributed by atoms with Crippen LogP contribution in [0.15, 0.2) is 18.2 Å². The fourth-order valence-corrected chi connectivity index (χ4v) is 2.28. The van der Waals surface area contributed by atoms with Crippen molar-refractivity contribution in [1.82, 2.24) is 9.59 Å². The first-order valence-corrected chi connectivity index (χ1v) is 7.30. The van der Waals surface area contributed by atoms with Crippen molar-refractivity contribution >= 4 is 29.1 Å². The molecule has 0 unspecified atom stereocenters. The Balaban J connectivity index is 1.92. The van der Waals surface area contributed by atoms with Crippen LogP contribution in [0.1, 0.15) is 15.4 Å². The number of carbonyl (C=O) groups excluding carboxylic acids is 2. The SMILES string of the molecule is COc1ccc(NC(=O)COC(=O)c2snnc2C)cc1OC. The number of carbonyl (C=O) groups is 2. The molecule has 2 rings (SSSR count). The molecule has 2 aromatic rings. The second-order valence-electron chi connectivity index (χ2n) is 4.38. The minimum absolute atomic E-state index is 0.281. The molecular weight excluding hydrogens is 322 g/mol. The third kappa shape index (κ3) is 4.16. The molecule has 1 aromatic heterocycles. The molecule has 1 amide bonds. The summed E-state index contributed by atoms with van der Waals surface area (Å²) in [6.07, 6.45) is 0. The minimum atomic E-state index is -0.625. The van der Waals surface area contributed by atoms with E-state index in [0.717, 1.165) is 11.5 Å². The number of hydrogen-bond acceptors (Lipinski definition) is 8. The topological polar surface area (TPSA) is 99.6 Å². The Bertz CT molecular complexity index is 716. The van der Waals surface area contributed by atoms with Gasteiger partial charge < -0.3 is 19.5 Å². The Morgan fingerprint density at radius 1 is 1.22 bits per heavy atom. The molecule has 0 spiro atoms. The zero-order chi connectivity index (χ0) is 16.8. The number of esters is 1. The summed E-state index contributed by atoms with van der Waals surface area (Å²) in [4.78, 5) is 23.9. The predicted octanol–water partition coefficient (Wildman–Crippen LogP) is 1.66. The van der Waals surface area contributed by atoms with Crippen molar-refractivity contribution in [3.05, 3.63) is 28.8 Å². The van der Waals surface area contributed by atoms with Crippen molar-refractivity contribution in [3.63, 3.8) is 0 Å². The Morgan fingerprint density at radius 3 is 2.57 bits per heavy atom. The van der Waals surface area contributed by atoms with Gasteiger partial charge in [-0.05, 0) is 30.6 Å². The highest BCUT2D eigenvalue weighted by atomic mass is 32.1. The molecule has 0 radical (unpaired) electrons. The number of hydrogen-bond donors (Lipinski definition) is 1. The summed E-state index contributed by atoms with van der Waals surface area (Å²) in [7, 11) is 3.02. The highest BCUT2D eigenvalue weighted by Gasteiger charge is 2.16. The van der Waals surface area contributed by atoms with E-state index >= 15 is 0 Å². The van der Waals surface area contributed by atoms with Gasteiger partial charge >= 0.3 is 5.97 Å². The van der Waals surface area contributed by atoms with Gasteiger partial charge in [-0.2, -0.15) is 0 Å². The maximum Gasteiger partial charge on any atom is 0.352 e. The fraction of sp³-hybridized carbons (Fsp3) is 0.286. The lowest BCUT2D eigenvalue weighted by Gasteiger charge is -2.10. The first kappa shape index (κ1) is 16.7. The van der Waals surface area contributed by atoms with E-state index in [1.807, 2.05) is 0 Å². The van der Waals surface area contributed by atoms with E-state index in [4.69, 9.17) is 14.2 Å². The number of amides is 1. The van der Waals surface area contributed by atoms with E-state index in [9.17, 15) is 9.59 Å². The lowest BCUT2D eigenvalue weighted by molar-refractivity contribution is -0.119. The molecule has 1 aromatic carbocycles. The number of nitrogens with zero attached hydrogens (tertiary/aromatic N) is 2. The minimum Gasteiger partial charge on any atom is -0.493 e. The van der Waals surface area contributed by atoms with E-state index in [2.05, 4.69) is 14.9 Å². The summed E-state index contributed by atoms with van der Waals surface area (Å²) in [5, 5.41) is 6.31. The molecule has 122 valence electrons. The zero-order valence-corrected chi connectivity index (χ0v) is 13.6. The number of anilines is 1. The van der Waals surface area contributed by atoms with Gasteiger partial charge in [0.1, 0.15) is 0 Å². The summed E-state index contributed by atoms with van der Waals surface area (Å²) >= 11 is 0.925. The summed E-state index contributed by atoms with van der Waals surface area (Å²) in [6, 6.07) is 4.92. The first-order valence-electron chi connectivity index (χ1n) is 6.53. The fourth-order valence-electron chi connectivity index (χ4n) is 1.73.